The lowest BCUT2D eigenvalue weighted by molar-refractivity contribution is -0.137. The Balaban J connectivity index is 1.88. The molecule has 0 saturated heterocycles. The molecule has 21 heavy (non-hydrogen) atoms. The molecule has 0 radical (unpaired) electrons. The Kier molecular flexibility index (Phi) is 5.16. The van der Waals surface area contributed by atoms with Crippen molar-refractivity contribution in [3.63, 3.8) is 0 Å². The number of carbonyl (C=O) groups is 2. The van der Waals surface area contributed by atoms with Crippen LogP contribution in [0.1, 0.15) is 24.8 Å². The number of ether oxygens (including phenoxy) is 1. The van der Waals surface area contributed by atoms with E-state index >= 15 is 0 Å². The molecule has 0 bridgehead atoms. The lowest BCUT2D eigenvalue weighted by atomic mass is 10.2. The van der Waals surface area contributed by atoms with E-state index < -0.39 is 11.9 Å². The van der Waals surface area contributed by atoms with Gasteiger partial charge in [0.1, 0.15) is 5.75 Å². The summed E-state index contributed by atoms with van der Waals surface area (Å²) in [5.41, 5.74) is 6.11. The molecular formula is C15H20N2O4. The van der Waals surface area contributed by atoms with Gasteiger partial charge in [-0.3, -0.25) is 14.5 Å². The summed E-state index contributed by atoms with van der Waals surface area (Å²) >= 11 is 0. The number of carboxylic acids is 1. The van der Waals surface area contributed by atoms with E-state index in [1.54, 1.807) is 12.1 Å². The van der Waals surface area contributed by atoms with Gasteiger partial charge < -0.3 is 15.6 Å². The van der Waals surface area contributed by atoms with Gasteiger partial charge in [0.25, 0.3) is 5.91 Å². The van der Waals surface area contributed by atoms with Gasteiger partial charge in [-0.2, -0.15) is 0 Å². The highest BCUT2D eigenvalue weighted by molar-refractivity contribution is 5.75. The van der Waals surface area contributed by atoms with Crippen molar-refractivity contribution in [1.82, 2.24) is 4.90 Å². The van der Waals surface area contributed by atoms with Crippen molar-refractivity contribution in [3.05, 3.63) is 29.8 Å². The minimum absolute atomic E-state index is 0.133. The number of carbonyl (C=O) groups excluding carboxylic acids is 1. The van der Waals surface area contributed by atoms with Crippen LogP contribution in [0.2, 0.25) is 0 Å². The van der Waals surface area contributed by atoms with E-state index in [2.05, 4.69) is 4.90 Å². The summed E-state index contributed by atoms with van der Waals surface area (Å²) in [5.74, 6) is -0.676. The minimum atomic E-state index is -0.768. The highest BCUT2D eigenvalue weighted by Gasteiger charge is 2.28. The van der Waals surface area contributed by atoms with E-state index in [0.717, 1.165) is 24.9 Å². The van der Waals surface area contributed by atoms with E-state index in [9.17, 15) is 9.59 Å². The summed E-state index contributed by atoms with van der Waals surface area (Å²) in [6.07, 6.45) is 2.44. The number of nitrogens with two attached hydrogens (primary N) is 1. The predicted molar refractivity (Wildman–Crippen MR) is 76.8 cm³/mol. The third kappa shape index (κ3) is 5.43. The van der Waals surface area contributed by atoms with Gasteiger partial charge in [0.15, 0.2) is 6.61 Å². The molecule has 6 heteroatoms. The fraction of sp³-hybridized carbons (Fsp3) is 0.467. The highest BCUT2D eigenvalue weighted by atomic mass is 16.5. The number of carboxylic acid groups (broad SMARTS) is 1. The molecule has 0 aromatic heterocycles. The topological polar surface area (TPSA) is 92.9 Å². The third-order valence-electron chi connectivity index (χ3n) is 3.37. The van der Waals surface area contributed by atoms with E-state index in [0.29, 0.717) is 18.3 Å². The first kappa shape index (κ1) is 15.3. The van der Waals surface area contributed by atoms with Gasteiger partial charge in [-0.15, -0.1) is 0 Å². The molecule has 1 aromatic rings. The minimum Gasteiger partial charge on any atom is -0.484 e. The quantitative estimate of drug-likeness (QED) is 0.708. The maximum atomic E-state index is 10.7. The van der Waals surface area contributed by atoms with Crippen LogP contribution >= 0.6 is 0 Å². The molecule has 1 aliphatic carbocycles. The Morgan fingerprint density at radius 3 is 2.48 bits per heavy atom. The Hall–Kier alpha value is -2.08. The standard InChI is InChI=1S/C15H20N2O4/c16-14(18)10-21-13-5-1-11(2-6-13)9-17(12-3-4-12)8-7-15(19)20/h1-2,5-6,12H,3-4,7-10H2,(H2,16,18)(H,19,20). The number of aliphatic carboxylic acids is 1. The summed E-state index contributed by atoms with van der Waals surface area (Å²) in [4.78, 5) is 23.5. The van der Waals surface area contributed by atoms with Crippen molar-refractivity contribution in [2.24, 2.45) is 5.73 Å². The number of benzene rings is 1. The molecule has 3 N–H and O–H groups in total. The van der Waals surface area contributed by atoms with E-state index in [4.69, 9.17) is 15.6 Å². The first-order valence-corrected chi connectivity index (χ1v) is 7.00. The molecule has 6 nitrogen and oxygen atoms in total. The van der Waals surface area contributed by atoms with Gasteiger partial charge in [0.05, 0.1) is 6.42 Å². The summed E-state index contributed by atoms with van der Waals surface area (Å²) in [6.45, 7) is 1.17. The summed E-state index contributed by atoms with van der Waals surface area (Å²) in [6, 6.07) is 7.94. The zero-order valence-electron chi connectivity index (χ0n) is 11.8. The first-order valence-electron chi connectivity index (χ1n) is 7.00. The Morgan fingerprint density at radius 1 is 1.29 bits per heavy atom. The number of hydrogen-bond acceptors (Lipinski definition) is 4. The number of amides is 1. The van der Waals surface area contributed by atoms with Crippen molar-refractivity contribution >= 4 is 11.9 Å². The molecule has 0 atom stereocenters. The van der Waals surface area contributed by atoms with Crippen LogP contribution in [0.3, 0.4) is 0 Å². The zero-order chi connectivity index (χ0) is 15.2. The maximum Gasteiger partial charge on any atom is 0.304 e. The molecule has 1 aliphatic rings. The normalized spacial score (nSPS) is 14.1. The van der Waals surface area contributed by atoms with E-state index in [1.807, 2.05) is 12.1 Å². The summed E-state index contributed by atoms with van der Waals surface area (Å²) < 4.78 is 5.20. The molecule has 0 aliphatic heterocycles. The Labute approximate surface area is 123 Å². The molecule has 1 saturated carbocycles. The maximum absolute atomic E-state index is 10.7. The first-order chi connectivity index (χ1) is 10.0. The summed E-state index contributed by atoms with van der Waals surface area (Å²) in [7, 11) is 0. The van der Waals surface area contributed by atoms with Gasteiger partial charge in [-0.1, -0.05) is 12.1 Å². The smallest absolute Gasteiger partial charge is 0.304 e. The predicted octanol–water partition coefficient (Wildman–Crippen LogP) is 0.990. The largest absolute Gasteiger partial charge is 0.484 e. The lowest BCUT2D eigenvalue weighted by Gasteiger charge is -2.21. The van der Waals surface area contributed by atoms with Crippen LogP contribution in [0.15, 0.2) is 24.3 Å². The number of nitrogens with zero attached hydrogens (tertiary/aromatic N) is 1. The van der Waals surface area contributed by atoms with Crippen LogP contribution < -0.4 is 10.5 Å². The van der Waals surface area contributed by atoms with Crippen molar-refractivity contribution in [2.45, 2.75) is 31.8 Å². The SMILES string of the molecule is NC(=O)COc1ccc(CN(CCC(=O)O)C2CC2)cc1. The average Bonchev–Trinajstić information content (AvgIpc) is 3.26. The van der Waals surface area contributed by atoms with Gasteiger partial charge in [0.2, 0.25) is 0 Å². The van der Waals surface area contributed by atoms with Crippen LogP contribution in [0.5, 0.6) is 5.75 Å². The Bertz CT molecular complexity index is 497. The molecule has 1 aromatic carbocycles. The van der Waals surface area contributed by atoms with Crippen molar-refractivity contribution < 1.29 is 19.4 Å². The van der Waals surface area contributed by atoms with Crippen molar-refractivity contribution in [1.29, 1.82) is 0 Å². The molecular weight excluding hydrogens is 272 g/mol. The third-order valence-corrected chi connectivity index (χ3v) is 3.37. The van der Waals surface area contributed by atoms with Gasteiger partial charge >= 0.3 is 5.97 Å². The second-order valence-electron chi connectivity index (χ2n) is 5.24. The Morgan fingerprint density at radius 2 is 1.95 bits per heavy atom. The number of primary amides is 1. The van der Waals surface area contributed by atoms with Gasteiger partial charge in [-0.05, 0) is 30.5 Å². The number of hydrogen-bond donors (Lipinski definition) is 2. The molecule has 114 valence electrons. The average molecular weight is 292 g/mol. The second-order valence-corrected chi connectivity index (χ2v) is 5.24. The van der Waals surface area contributed by atoms with Crippen LogP contribution in [0.25, 0.3) is 0 Å². The molecule has 0 unspecified atom stereocenters. The van der Waals surface area contributed by atoms with Crippen LogP contribution in [-0.4, -0.2) is 41.1 Å². The lowest BCUT2D eigenvalue weighted by Crippen LogP contribution is -2.28. The zero-order valence-corrected chi connectivity index (χ0v) is 11.8. The molecule has 0 heterocycles. The van der Waals surface area contributed by atoms with Crippen molar-refractivity contribution in [3.8, 4) is 5.75 Å². The fourth-order valence-corrected chi connectivity index (χ4v) is 2.15. The van der Waals surface area contributed by atoms with Gasteiger partial charge in [-0.25, -0.2) is 0 Å². The van der Waals surface area contributed by atoms with Crippen LogP contribution in [0.4, 0.5) is 0 Å². The fourth-order valence-electron chi connectivity index (χ4n) is 2.15. The van der Waals surface area contributed by atoms with Crippen molar-refractivity contribution in [2.75, 3.05) is 13.2 Å². The van der Waals surface area contributed by atoms with Crippen LogP contribution in [0, 0.1) is 0 Å². The molecule has 2 rings (SSSR count). The molecule has 1 amide bonds. The van der Waals surface area contributed by atoms with E-state index in [1.165, 1.54) is 0 Å². The van der Waals surface area contributed by atoms with Gasteiger partial charge in [0, 0.05) is 19.1 Å². The summed E-state index contributed by atoms with van der Waals surface area (Å²) in [5, 5.41) is 8.79. The second kappa shape index (κ2) is 7.08. The molecule has 0 spiro atoms. The van der Waals surface area contributed by atoms with Crippen LogP contribution in [-0.2, 0) is 16.1 Å². The van der Waals surface area contributed by atoms with E-state index in [-0.39, 0.29) is 13.0 Å². The monoisotopic (exact) mass is 292 g/mol. The highest BCUT2D eigenvalue weighted by Crippen LogP contribution is 2.28. The molecule has 1 fully saturated rings. The number of rotatable bonds is 9.